The van der Waals surface area contributed by atoms with Gasteiger partial charge >= 0.3 is 0 Å². The van der Waals surface area contributed by atoms with Crippen LogP contribution in [-0.4, -0.2) is 12.5 Å². The highest BCUT2D eigenvalue weighted by Gasteiger charge is 2.20. The van der Waals surface area contributed by atoms with Gasteiger partial charge in [0.1, 0.15) is 5.58 Å². The van der Waals surface area contributed by atoms with Crippen molar-refractivity contribution in [1.29, 1.82) is 0 Å². The van der Waals surface area contributed by atoms with Crippen LogP contribution in [0.25, 0.3) is 22.3 Å². The van der Waals surface area contributed by atoms with Gasteiger partial charge in [0.2, 0.25) is 11.2 Å². The lowest BCUT2D eigenvalue weighted by Gasteiger charge is -2.19. The van der Waals surface area contributed by atoms with Gasteiger partial charge < -0.3 is 14.5 Å². The highest BCUT2D eigenvalue weighted by Crippen LogP contribution is 2.33. The Morgan fingerprint density at radius 3 is 2.32 bits per heavy atom. The number of hydrogen-bond donors (Lipinski definition) is 1. The fourth-order valence-electron chi connectivity index (χ4n) is 3.60. The lowest BCUT2D eigenvalue weighted by Crippen LogP contribution is -2.22. The first-order chi connectivity index (χ1) is 16.1. The number of ether oxygens (including phenoxy) is 1. The quantitative estimate of drug-likeness (QED) is 0.313. The van der Waals surface area contributed by atoms with Gasteiger partial charge in [-0.15, -0.1) is 0 Å². The number of hydrogen-bond acceptors (Lipinski definition) is 4. The number of amides is 1. The maximum atomic E-state index is 13.4. The lowest BCUT2D eigenvalue weighted by molar-refractivity contribution is -0.118. The molecular formula is C28H26BrNO4. The minimum Gasteiger partial charge on any atom is -0.476 e. The summed E-state index contributed by atoms with van der Waals surface area (Å²) in [5, 5.41) is 3.19. The zero-order valence-corrected chi connectivity index (χ0v) is 21.2. The molecule has 34 heavy (non-hydrogen) atoms. The molecule has 1 N–H and O–H groups in total. The summed E-state index contributed by atoms with van der Waals surface area (Å²) in [5.74, 6) is -0.0501. The molecule has 4 rings (SSSR count). The van der Waals surface area contributed by atoms with E-state index in [0.29, 0.717) is 28.0 Å². The molecule has 3 aromatic carbocycles. The summed E-state index contributed by atoms with van der Waals surface area (Å²) < 4.78 is 12.9. The Bertz CT molecular complexity index is 1400. The van der Waals surface area contributed by atoms with Crippen LogP contribution in [0, 0.1) is 6.92 Å². The fourth-order valence-corrected chi connectivity index (χ4v) is 3.87. The molecule has 0 saturated carbocycles. The number of halogens is 1. The van der Waals surface area contributed by atoms with Crippen molar-refractivity contribution in [2.75, 3.05) is 11.9 Å². The molecule has 6 heteroatoms. The van der Waals surface area contributed by atoms with E-state index in [1.54, 1.807) is 24.3 Å². The predicted molar refractivity (Wildman–Crippen MR) is 140 cm³/mol. The van der Waals surface area contributed by atoms with Crippen molar-refractivity contribution in [3.8, 4) is 17.1 Å². The van der Waals surface area contributed by atoms with Gasteiger partial charge in [0.15, 0.2) is 12.4 Å². The fraction of sp³-hybridized carbons (Fsp3) is 0.214. The SMILES string of the molecule is Cc1ccc2oc(-c3ccc(C(C)(C)C)cc3)c(OCC(=O)Nc3ccc(Br)cc3)c(=O)c2c1. The Hall–Kier alpha value is -3.38. The normalized spacial score (nSPS) is 11.4. The smallest absolute Gasteiger partial charge is 0.262 e. The second-order valence-electron chi connectivity index (χ2n) is 9.26. The molecule has 1 amide bonds. The average molecular weight is 520 g/mol. The van der Waals surface area contributed by atoms with E-state index in [-0.39, 0.29) is 29.1 Å². The summed E-state index contributed by atoms with van der Waals surface area (Å²) in [6.45, 7) is 7.99. The molecule has 4 aromatic rings. The summed E-state index contributed by atoms with van der Waals surface area (Å²) in [6.07, 6.45) is 0. The van der Waals surface area contributed by atoms with Crippen LogP contribution < -0.4 is 15.5 Å². The first-order valence-corrected chi connectivity index (χ1v) is 11.8. The van der Waals surface area contributed by atoms with Crippen molar-refractivity contribution in [2.45, 2.75) is 33.1 Å². The Morgan fingerprint density at radius 1 is 1.00 bits per heavy atom. The lowest BCUT2D eigenvalue weighted by atomic mass is 9.86. The summed E-state index contributed by atoms with van der Waals surface area (Å²) in [4.78, 5) is 25.9. The third kappa shape index (κ3) is 5.23. The minimum atomic E-state index is -0.375. The van der Waals surface area contributed by atoms with Gasteiger partial charge in [-0.25, -0.2) is 0 Å². The molecule has 0 atom stereocenters. The molecule has 0 radical (unpaired) electrons. The number of rotatable bonds is 5. The number of carbonyl (C=O) groups excluding carboxylic acids is 1. The standard InChI is InChI=1S/C28H26BrNO4/c1-17-5-14-23-22(15-17)25(32)27(33-16-24(31)30-21-12-10-20(29)11-13-21)26(34-23)18-6-8-19(9-7-18)28(2,3)4/h5-15H,16H2,1-4H3,(H,30,31). The van der Waals surface area contributed by atoms with Gasteiger partial charge in [-0.1, -0.05) is 72.6 Å². The molecular weight excluding hydrogens is 494 g/mol. The number of carbonyl (C=O) groups is 1. The average Bonchev–Trinajstić information content (AvgIpc) is 2.80. The predicted octanol–water partition coefficient (Wildman–Crippen LogP) is 6.85. The molecule has 1 heterocycles. The van der Waals surface area contributed by atoms with Crippen LogP contribution in [0.2, 0.25) is 0 Å². The van der Waals surface area contributed by atoms with E-state index >= 15 is 0 Å². The number of fused-ring (bicyclic) bond motifs is 1. The van der Waals surface area contributed by atoms with Gasteiger partial charge in [-0.2, -0.15) is 0 Å². The summed E-state index contributed by atoms with van der Waals surface area (Å²) in [5.41, 5.74) is 3.58. The van der Waals surface area contributed by atoms with Crippen LogP contribution in [0.1, 0.15) is 31.9 Å². The molecule has 0 fully saturated rings. The second kappa shape index (κ2) is 9.47. The van der Waals surface area contributed by atoms with Crippen LogP contribution >= 0.6 is 15.9 Å². The van der Waals surface area contributed by atoms with Gasteiger partial charge in [0, 0.05) is 15.7 Å². The maximum absolute atomic E-state index is 13.4. The van der Waals surface area contributed by atoms with Crippen LogP contribution in [0.3, 0.4) is 0 Å². The maximum Gasteiger partial charge on any atom is 0.262 e. The Morgan fingerprint density at radius 2 is 1.68 bits per heavy atom. The molecule has 0 aliphatic carbocycles. The monoisotopic (exact) mass is 519 g/mol. The van der Waals surface area contributed by atoms with E-state index < -0.39 is 0 Å². The summed E-state index contributed by atoms with van der Waals surface area (Å²) in [7, 11) is 0. The van der Waals surface area contributed by atoms with Crippen LogP contribution in [0.4, 0.5) is 5.69 Å². The van der Waals surface area contributed by atoms with Crippen LogP contribution in [-0.2, 0) is 10.2 Å². The summed E-state index contributed by atoms with van der Waals surface area (Å²) in [6, 6.07) is 20.5. The van der Waals surface area contributed by atoms with Crippen molar-refractivity contribution in [3.63, 3.8) is 0 Å². The van der Waals surface area contributed by atoms with Gasteiger partial charge in [-0.3, -0.25) is 9.59 Å². The van der Waals surface area contributed by atoms with Crippen LogP contribution in [0.15, 0.2) is 80.4 Å². The highest BCUT2D eigenvalue weighted by atomic mass is 79.9. The zero-order chi connectivity index (χ0) is 24.5. The number of anilines is 1. The van der Waals surface area contributed by atoms with Gasteiger partial charge in [-0.05, 0) is 54.3 Å². The Kier molecular flexibility index (Phi) is 6.62. The van der Waals surface area contributed by atoms with Crippen molar-refractivity contribution in [2.24, 2.45) is 0 Å². The first kappa shape index (κ1) is 23.8. The molecule has 0 unspecified atom stereocenters. The minimum absolute atomic E-state index is 0.00920. The molecule has 0 bridgehead atoms. The molecule has 0 aliphatic heterocycles. The highest BCUT2D eigenvalue weighted by molar-refractivity contribution is 9.10. The third-order valence-corrected chi connectivity index (χ3v) is 6.02. The van der Waals surface area contributed by atoms with E-state index in [9.17, 15) is 9.59 Å². The van der Waals surface area contributed by atoms with E-state index in [1.165, 1.54) is 0 Å². The molecule has 1 aromatic heterocycles. The Balaban J connectivity index is 1.70. The van der Waals surface area contributed by atoms with E-state index in [2.05, 4.69) is 42.0 Å². The first-order valence-electron chi connectivity index (χ1n) is 11.0. The second-order valence-corrected chi connectivity index (χ2v) is 10.2. The van der Waals surface area contributed by atoms with Gasteiger partial charge in [0.25, 0.3) is 5.91 Å². The van der Waals surface area contributed by atoms with E-state index in [1.807, 2.05) is 49.4 Å². The third-order valence-electron chi connectivity index (χ3n) is 5.49. The van der Waals surface area contributed by atoms with E-state index in [4.69, 9.17) is 9.15 Å². The number of aryl methyl sites for hydroxylation is 1. The topological polar surface area (TPSA) is 68.5 Å². The zero-order valence-electron chi connectivity index (χ0n) is 19.6. The van der Waals surface area contributed by atoms with Crippen molar-refractivity contribution < 1.29 is 13.9 Å². The number of nitrogens with one attached hydrogen (secondary N) is 1. The molecule has 0 spiro atoms. The molecule has 0 saturated heterocycles. The Labute approximate surface area is 206 Å². The molecule has 174 valence electrons. The van der Waals surface area contributed by atoms with Crippen LogP contribution in [0.5, 0.6) is 5.75 Å². The number of benzene rings is 3. The van der Waals surface area contributed by atoms with Crippen molar-refractivity contribution >= 4 is 38.5 Å². The molecule has 0 aliphatic rings. The van der Waals surface area contributed by atoms with Crippen molar-refractivity contribution in [1.82, 2.24) is 0 Å². The van der Waals surface area contributed by atoms with E-state index in [0.717, 1.165) is 15.6 Å². The molecule has 5 nitrogen and oxygen atoms in total. The largest absolute Gasteiger partial charge is 0.476 e. The van der Waals surface area contributed by atoms with Gasteiger partial charge in [0.05, 0.1) is 5.39 Å². The summed E-state index contributed by atoms with van der Waals surface area (Å²) >= 11 is 3.37. The van der Waals surface area contributed by atoms with Crippen molar-refractivity contribution in [3.05, 3.63) is 92.6 Å².